The highest BCUT2D eigenvalue weighted by atomic mass is 16.3. The van der Waals surface area contributed by atoms with E-state index in [1.165, 1.54) is 16.1 Å². The van der Waals surface area contributed by atoms with Crippen LogP contribution in [0.2, 0.25) is 0 Å². The Bertz CT molecular complexity index is 765. The van der Waals surface area contributed by atoms with E-state index in [1.54, 1.807) is 24.1 Å². The third-order valence-corrected chi connectivity index (χ3v) is 4.38. The summed E-state index contributed by atoms with van der Waals surface area (Å²) in [5.41, 5.74) is 0.963. The fourth-order valence-electron chi connectivity index (χ4n) is 2.90. The molecular formula is C19H21N3O4. The number of likely N-dealkylation sites (N-methyl/N-ethyl adjacent to an activating group) is 1. The van der Waals surface area contributed by atoms with Crippen LogP contribution in [0.3, 0.4) is 0 Å². The number of hydrogen-bond donors (Lipinski definition) is 0. The molecule has 136 valence electrons. The zero-order valence-electron chi connectivity index (χ0n) is 14.6. The van der Waals surface area contributed by atoms with E-state index in [0.29, 0.717) is 32.7 Å². The predicted octanol–water partition coefficient (Wildman–Crippen LogP) is 1.22. The molecule has 1 aliphatic rings. The maximum absolute atomic E-state index is 12.4. The van der Waals surface area contributed by atoms with Gasteiger partial charge in [0.25, 0.3) is 5.91 Å². The average Bonchev–Trinajstić information content (AvgIpc) is 3.22. The molecule has 7 nitrogen and oxygen atoms in total. The Morgan fingerprint density at radius 3 is 2.23 bits per heavy atom. The molecule has 0 saturated carbocycles. The molecule has 7 heteroatoms. The van der Waals surface area contributed by atoms with Crippen molar-refractivity contribution >= 4 is 17.7 Å². The molecule has 0 unspecified atom stereocenters. The van der Waals surface area contributed by atoms with Crippen LogP contribution in [0, 0.1) is 0 Å². The van der Waals surface area contributed by atoms with Crippen molar-refractivity contribution in [2.45, 2.75) is 6.54 Å². The van der Waals surface area contributed by atoms with E-state index in [4.69, 9.17) is 4.42 Å². The van der Waals surface area contributed by atoms with Gasteiger partial charge in [-0.15, -0.1) is 0 Å². The molecule has 0 aliphatic carbocycles. The zero-order chi connectivity index (χ0) is 18.5. The van der Waals surface area contributed by atoms with Gasteiger partial charge in [-0.05, 0) is 17.7 Å². The second kappa shape index (κ2) is 7.86. The van der Waals surface area contributed by atoms with Gasteiger partial charge in [-0.2, -0.15) is 0 Å². The van der Waals surface area contributed by atoms with Crippen molar-refractivity contribution in [3.05, 3.63) is 60.1 Å². The van der Waals surface area contributed by atoms with Gasteiger partial charge >= 0.3 is 11.8 Å². The second-order valence-electron chi connectivity index (χ2n) is 6.21. The third-order valence-electron chi connectivity index (χ3n) is 4.38. The standard InChI is InChI=1S/C19H21N3O4/c1-20(14-15-6-3-2-4-7-15)18(24)19(25)22-11-9-21(10-12-22)17(23)16-8-5-13-26-16/h2-8,13H,9-12,14H2,1H3. The molecular weight excluding hydrogens is 334 g/mol. The van der Waals surface area contributed by atoms with Crippen molar-refractivity contribution in [2.75, 3.05) is 33.2 Å². The van der Waals surface area contributed by atoms with E-state index in [9.17, 15) is 14.4 Å². The van der Waals surface area contributed by atoms with E-state index in [2.05, 4.69) is 0 Å². The lowest BCUT2D eigenvalue weighted by molar-refractivity contribution is -0.152. The highest BCUT2D eigenvalue weighted by Gasteiger charge is 2.30. The topological polar surface area (TPSA) is 74.1 Å². The van der Waals surface area contributed by atoms with Gasteiger partial charge in [-0.3, -0.25) is 14.4 Å². The minimum atomic E-state index is -0.542. The fourth-order valence-corrected chi connectivity index (χ4v) is 2.90. The number of piperazine rings is 1. The molecule has 1 aliphatic heterocycles. The van der Waals surface area contributed by atoms with Gasteiger partial charge < -0.3 is 19.1 Å². The van der Waals surface area contributed by atoms with Crippen LogP contribution in [-0.4, -0.2) is 65.6 Å². The number of rotatable bonds is 3. The van der Waals surface area contributed by atoms with Crippen LogP contribution in [0.1, 0.15) is 16.1 Å². The molecule has 3 rings (SSSR count). The molecule has 2 aromatic rings. The summed E-state index contributed by atoms with van der Waals surface area (Å²) in [6.07, 6.45) is 1.45. The van der Waals surface area contributed by atoms with E-state index in [0.717, 1.165) is 5.56 Å². The van der Waals surface area contributed by atoms with Crippen LogP contribution in [0.4, 0.5) is 0 Å². The third kappa shape index (κ3) is 3.93. The number of carbonyl (C=O) groups is 3. The molecule has 1 aromatic heterocycles. The molecule has 0 N–H and O–H groups in total. The highest BCUT2D eigenvalue weighted by molar-refractivity contribution is 6.34. The van der Waals surface area contributed by atoms with Crippen LogP contribution in [0.5, 0.6) is 0 Å². The van der Waals surface area contributed by atoms with Gasteiger partial charge in [0.2, 0.25) is 0 Å². The Kier molecular flexibility index (Phi) is 5.36. The van der Waals surface area contributed by atoms with Crippen LogP contribution in [0.25, 0.3) is 0 Å². The molecule has 26 heavy (non-hydrogen) atoms. The van der Waals surface area contributed by atoms with Crippen LogP contribution in [0.15, 0.2) is 53.1 Å². The Hall–Kier alpha value is -3.09. The first-order chi connectivity index (χ1) is 12.6. The SMILES string of the molecule is CN(Cc1ccccc1)C(=O)C(=O)N1CCN(C(=O)c2ccco2)CC1. The largest absolute Gasteiger partial charge is 0.459 e. The molecule has 0 bridgehead atoms. The quantitative estimate of drug-likeness (QED) is 0.776. The second-order valence-corrected chi connectivity index (χ2v) is 6.21. The number of benzene rings is 1. The number of nitrogens with zero attached hydrogens (tertiary/aromatic N) is 3. The van der Waals surface area contributed by atoms with E-state index >= 15 is 0 Å². The van der Waals surface area contributed by atoms with Gasteiger partial charge in [0.05, 0.1) is 6.26 Å². The lowest BCUT2D eigenvalue weighted by Crippen LogP contribution is -2.53. The highest BCUT2D eigenvalue weighted by Crippen LogP contribution is 2.11. The Morgan fingerprint density at radius 2 is 1.62 bits per heavy atom. The van der Waals surface area contributed by atoms with E-state index < -0.39 is 11.8 Å². The predicted molar refractivity (Wildman–Crippen MR) is 94.1 cm³/mol. The summed E-state index contributed by atoms with van der Waals surface area (Å²) in [5, 5.41) is 0. The minimum absolute atomic E-state index is 0.199. The monoisotopic (exact) mass is 355 g/mol. The molecule has 0 radical (unpaired) electrons. The van der Waals surface area contributed by atoms with E-state index in [1.807, 2.05) is 30.3 Å². The first kappa shape index (κ1) is 17.7. The summed E-state index contributed by atoms with van der Waals surface area (Å²) in [6.45, 7) is 1.79. The first-order valence-electron chi connectivity index (χ1n) is 8.47. The summed E-state index contributed by atoms with van der Waals surface area (Å²) in [6, 6.07) is 12.8. The number of hydrogen-bond acceptors (Lipinski definition) is 4. The summed E-state index contributed by atoms with van der Waals surface area (Å²) in [5.74, 6) is -0.994. The maximum atomic E-state index is 12.4. The lowest BCUT2D eigenvalue weighted by atomic mass is 10.2. The van der Waals surface area contributed by atoms with Crippen molar-refractivity contribution in [3.8, 4) is 0 Å². The maximum Gasteiger partial charge on any atom is 0.312 e. The molecule has 2 heterocycles. The van der Waals surface area contributed by atoms with Gasteiger partial charge in [-0.1, -0.05) is 30.3 Å². The molecule has 1 aromatic carbocycles. The van der Waals surface area contributed by atoms with Gasteiger partial charge in [0, 0.05) is 39.8 Å². The van der Waals surface area contributed by atoms with Gasteiger partial charge in [-0.25, -0.2) is 0 Å². The first-order valence-corrected chi connectivity index (χ1v) is 8.47. The Balaban J connectivity index is 1.53. The normalized spacial score (nSPS) is 14.2. The Labute approximate surface area is 151 Å². The average molecular weight is 355 g/mol. The van der Waals surface area contributed by atoms with Crippen LogP contribution in [-0.2, 0) is 16.1 Å². The van der Waals surface area contributed by atoms with Crippen molar-refractivity contribution < 1.29 is 18.8 Å². The van der Waals surface area contributed by atoms with Gasteiger partial charge in [0.1, 0.15) is 0 Å². The van der Waals surface area contributed by atoms with Crippen molar-refractivity contribution in [1.29, 1.82) is 0 Å². The van der Waals surface area contributed by atoms with Gasteiger partial charge in [0.15, 0.2) is 5.76 Å². The van der Waals surface area contributed by atoms with Crippen molar-refractivity contribution in [2.24, 2.45) is 0 Å². The molecule has 1 saturated heterocycles. The summed E-state index contributed by atoms with van der Waals surface area (Å²) >= 11 is 0. The van der Waals surface area contributed by atoms with Crippen molar-refractivity contribution in [1.82, 2.24) is 14.7 Å². The zero-order valence-corrected chi connectivity index (χ0v) is 14.6. The summed E-state index contributed by atoms with van der Waals surface area (Å²) < 4.78 is 5.12. The van der Waals surface area contributed by atoms with Crippen LogP contribution >= 0.6 is 0 Å². The lowest BCUT2D eigenvalue weighted by Gasteiger charge is -2.34. The van der Waals surface area contributed by atoms with Crippen LogP contribution < -0.4 is 0 Å². The van der Waals surface area contributed by atoms with Crippen molar-refractivity contribution in [3.63, 3.8) is 0 Å². The number of carbonyl (C=O) groups excluding carboxylic acids is 3. The minimum Gasteiger partial charge on any atom is -0.459 e. The molecule has 1 fully saturated rings. The smallest absolute Gasteiger partial charge is 0.312 e. The fraction of sp³-hybridized carbons (Fsp3) is 0.316. The Morgan fingerprint density at radius 1 is 0.962 bits per heavy atom. The summed E-state index contributed by atoms with van der Waals surface area (Å²) in [7, 11) is 1.61. The summed E-state index contributed by atoms with van der Waals surface area (Å²) in [4.78, 5) is 41.6. The molecule has 0 atom stereocenters. The molecule has 0 spiro atoms. The molecule has 3 amide bonds. The number of amides is 3. The number of furan rings is 1. The van der Waals surface area contributed by atoms with E-state index in [-0.39, 0.29) is 11.7 Å².